The predicted molar refractivity (Wildman–Crippen MR) is 132 cm³/mol. The van der Waals surface area contributed by atoms with Gasteiger partial charge in [-0.2, -0.15) is 0 Å². The standard InChI is InChI=1S/C23H28N2O6S2/c1-7-17-11-18(22(28)29-6)19(33-17)25-23(32)24-16-9-14(20(26)30-12(2)3)8-15(10-16)21(27)31-13(4)5/h8-13H,7H2,1-6H3,(H2,24,25,32). The number of hydrogen-bond donors (Lipinski definition) is 2. The Balaban J connectivity index is 2.32. The van der Waals surface area contributed by atoms with Gasteiger partial charge in [0, 0.05) is 10.6 Å². The van der Waals surface area contributed by atoms with Crippen molar-refractivity contribution >= 4 is 57.3 Å². The molecule has 10 heteroatoms. The van der Waals surface area contributed by atoms with Crippen LogP contribution in [0.4, 0.5) is 10.7 Å². The largest absolute Gasteiger partial charge is 0.465 e. The number of esters is 3. The molecule has 2 rings (SSSR count). The van der Waals surface area contributed by atoms with Crippen molar-refractivity contribution in [3.8, 4) is 0 Å². The summed E-state index contributed by atoms with van der Waals surface area (Å²) in [6.07, 6.45) is 0.0928. The number of carbonyl (C=O) groups is 3. The number of rotatable bonds is 8. The van der Waals surface area contributed by atoms with Crippen LogP contribution in [-0.2, 0) is 20.6 Å². The smallest absolute Gasteiger partial charge is 0.340 e. The lowest BCUT2D eigenvalue weighted by Crippen LogP contribution is -2.21. The highest BCUT2D eigenvalue weighted by Gasteiger charge is 2.19. The van der Waals surface area contributed by atoms with Crippen molar-refractivity contribution in [2.75, 3.05) is 17.7 Å². The molecule has 178 valence electrons. The molecule has 1 aromatic heterocycles. The van der Waals surface area contributed by atoms with Crippen molar-refractivity contribution in [2.24, 2.45) is 0 Å². The third-order valence-corrected chi connectivity index (χ3v) is 5.51. The number of ether oxygens (including phenoxy) is 3. The Bertz CT molecular complexity index is 1010. The van der Waals surface area contributed by atoms with Crippen LogP contribution in [0.15, 0.2) is 24.3 Å². The molecule has 0 saturated carbocycles. The van der Waals surface area contributed by atoms with Crippen LogP contribution in [0.1, 0.15) is 70.6 Å². The maximum absolute atomic E-state index is 12.5. The first-order valence-corrected chi connectivity index (χ1v) is 11.6. The number of benzene rings is 1. The summed E-state index contributed by atoms with van der Waals surface area (Å²) in [5, 5.41) is 6.66. The maximum Gasteiger partial charge on any atom is 0.340 e. The Labute approximate surface area is 202 Å². The van der Waals surface area contributed by atoms with Crippen LogP contribution in [0.5, 0.6) is 0 Å². The fraction of sp³-hybridized carbons (Fsp3) is 0.391. The minimum Gasteiger partial charge on any atom is -0.465 e. The lowest BCUT2D eigenvalue weighted by molar-refractivity contribution is 0.0377. The fourth-order valence-corrected chi connectivity index (χ4v) is 4.01. The molecule has 0 unspecified atom stereocenters. The quantitative estimate of drug-likeness (QED) is 0.298. The third kappa shape index (κ3) is 7.54. The predicted octanol–water partition coefficient (Wildman–Crippen LogP) is 5.04. The lowest BCUT2D eigenvalue weighted by Gasteiger charge is -2.15. The van der Waals surface area contributed by atoms with Gasteiger partial charge < -0.3 is 24.8 Å². The van der Waals surface area contributed by atoms with Crippen LogP contribution < -0.4 is 10.6 Å². The Morgan fingerprint density at radius 2 is 1.45 bits per heavy atom. The number of hydrogen-bond acceptors (Lipinski definition) is 8. The van der Waals surface area contributed by atoms with Crippen LogP contribution in [0.3, 0.4) is 0 Å². The second-order valence-electron chi connectivity index (χ2n) is 7.59. The van der Waals surface area contributed by atoms with Gasteiger partial charge in [0.05, 0.1) is 36.0 Å². The third-order valence-electron chi connectivity index (χ3n) is 4.11. The summed E-state index contributed by atoms with van der Waals surface area (Å²) in [6.45, 7) is 8.91. The molecule has 0 aliphatic rings. The summed E-state index contributed by atoms with van der Waals surface area (Å²) in [5.41, 5.74) is 1.10. The van der Waals surface area contributed by atoms with Crippen LogP contribution >= 0.6 is 23.6 Å². The van der Waals surface area contributed by atoms with E-state index in [1.54, 1.807) is 33.8 Å². The topological polar surface area (TPSA) is 103 Å². The molecule has 8 nitrogen and oxygen atoms in total. The van der Waals surface area contributed by atoms with E-state index in [1.807, 2.05) is 6.92 Å². The van der Waals surface area contributed by atoms with Gasteiger partial charge in [-0.05, 0) is 70.6 Å². The summed E-state index contributed by atoms with van der Waals surface area (Å²) < 4.78 is 15.4. The number of carbonyl (C=O) groups excluding carboxylic acids is 3. The summed E-state index contributed by atoms with van der Waals surface area (Å²) in [5.74, 6) is -1.64. The molecule has 1 aromatic carbocycles. The number of anilines is 2. The molecule has 2 aromatic rings. The first-order valence-electron chi connectivity index (χ1n) is 10.4. The Morgan fingerprint density at radius 3 is 1.91 bits per heavy atom. The highest BCUT2D eigenvalue weighted by Crippen LogP contribution is 2.29. The van der Waals surface area contributed by atoms with Crippen LogP contribution in [0.25, 0.3) is 0 Å². The van der Waals surface area contributed by atoms with Gasteiger partial charge in [-0.15, -0.1) is 11.3 Å². The zero-order valence-corrected chi connectivity index (χ0v) is 21.1. The zero-order chi connectivity index (χ0) is 24.7. The molecule has 2 N–H and O–H groups in total. The molecule has 0 saturated heterocycles. The fourth-order valence-electron chi connectivity index (χ4n) is 2.74. The van der Waals surface area contributed by atoms with Crippen LogP contribution in [0, 0.1) is 0 Å². The van der Waals surface area contributed by atoms with E-state index in [1.165, 1.54) is 36.6 Å². The van der Waals surface area contributed by atoms with Crippen molar-refractivity contribution in [1.82, 2.24) is 0 Å². The summed E-state index contributed by atoms with van der Waals surface area (Å²) >= 11 is 6.79. The molecule has 0 amide bonds. The molecule has 0 fully saturated rings. The van der Waals surface area contributed by atoms with E-state index in [-0.39, 0.29) is 28.4 Å². The molecule has 0 radical (unpaired) electrons. The average Bonchev–Trinajstić information content (AvgIpc) is 3.14. The maximum atomic E-state index is 12.5. The van der Waals surface area contributed by atoms with E-state index in [0.717, 1.165) is 11.3 Å². The van der Waals surface area contributed by atoms with E-state index in [4.69, 9.17) is 26.4 Å². The average molecular weight is 493 g/mol. The van der Waals surface area contributed by atoms with Gasteiger partial charge in [0.25, 0.3) is 0 Å². The van der Waals surface area contributed by atoms with Gasteiger partial charge >= 0.3 is 17.9 Å². The van der Waals surface area contributed by atoms with Crippen molar-refractivity contribution in [3.63, 3.8) is 0 Å². The summed E-state index contributed by atoms with van der Waals surface area (Å²) in [4.78, 5) is 38.0. The number of thiocarbonyl (C=S) groups is 1. The second-order valence-corrected chi connectivity index (χ2v) is 9.13. The molecule has 0 bridgehead atoms. The molecular weight excluding hydrogens is 464 g/mol. The van der Waals surface area contributed by atoms with Gasteiger partial charge in [0.15, 0.2) is 5.11 Å². The number of nitrogens with one attached hydrogen (secondary N) is 2. The molecule has 0 aliphatic heterocycles. The van der Waals surface area contributed by atoms with Gasteiger partial charge in [-0.3, -0.25) is 0 Å². The number of methoxy groups -OCH3 is 1. The normalized spacial score (nSPS) is 10.7. The first kappa shape index (κ1) is 26.3. The zero-order valence-electron chi connectivity index (χ0n) is 19.4. The van der Waals surface area contributed by atoms with Crippen molar-refractivity contribution in [1.29, 1.82) is 0 Å². The Kier molecular flexibility index (Phi) is 9.36. The molecule has 0 atom stereocenters. The highest BCUT2D eigenvalue weighted by atomic mass is 32.1. The summed E-state index contributed by atoms with van der Waals surface area (Å²) in [7, 11) is 1.31. The Hall–Kier alpha value is -2.98. The molecular formula is C23H28N2O6S2. The van der Waals surface area contributed by atoms with E-state index in [2.05, 4.69) is 10.6 Å². The lowest BCUT2D eigenvalue weighted by atomic mass is 10.1. The van der Waals surface area contributed by atoms with Crippen molar-refractivity contribution in [3.05, 3.63) is 45.8 Å². The number of thiophene rings is 1. The van der Waals surface area contributed by atoms with Gasteiger partial charge in [0.2, 0.25) is 0 Å². The molecule has 33 heavy (non-hydrogen) atoms. The summed E-state index contributed by atoms with van der Waals surface area (Å²) in [6, 6.07) is 6.22. The van der Waals surface area contributed by atoms with E-state index in [9.17, 15) is 14.4 Å². The van der Waals surface area contributed by atoms with E-state index < -0.39 is 17.9 Å². The SMILES string of the molecule is CCc1cc(C(=O)OC)c(NC(=S)Nc2cc(C(=O)OC(C)C)cc(C(=O)OC(C)C)c2)s1. The van der Waals surface area contributed by atoms with Crippen LogP contribution in [-0.4, -0.2) is 42.3 Å². The van der Waals surface area contributed by atoms with Gasteiger partial charge in [-0.1, -0.05) is 6.92 Å². The minimum atomic E-state index is -0.579. The van der Waals surface area contributed by atoms with Crippen molar-refractivity contribution in [2.45, 2.75) is 53.2 Å². The first-order chi connectivity index (χ1) is 15.5. The van der Waals surface area contributed by atoms with Crippen LogP contribution in [0.2, 0.25) is 0 Å². The second kappa shape index (κ2) is 11.8. The minimum absolute atomic E-state index is 0.169. The molecule has 0 spiro atoms. The van der Waals surface area contributed by atoms with Gasteiger partial charge in [-0.25, -0.2) is 14.4 Å². The Morgan fingerprint density at radius 1 is 0.909 bits per heavy atom. The number of aryl methyl sites for hydroxylation is 1. The van der Waals surface area contributed by atoms with E-state index in [0.29, 0.717) is 16.3 Å². The monoisotopic (exact) mass is 492 g/mol. The van der Waals surface area contributed by atoms with E-state index >= 15 is 0 Å². The van der Waals surface area contributed by atoms with Gasteiger partial charge in [0.1, 0.15) is 5.00 Å². The molecule has 0 aliphatic carbocycles. The molecule has 1 heterocycles. The highest BCUT2D eigenvalue weighted by molar-refractivity contribution is 7.80. The van der Waals surface area contributed by atoms with Crippen molar-refractivity contribution < 1.29 is 28.6 Å².